The van der Waals surface area contributed by atoms with Crippen molar-refractivity contribution in [2.24, 2.45) is 0 Å². The number of nitrogens with one attached hydrogen (secondary N) is 1. The standard InChI is InChI=1S/C29H36N6O10S/c1-44-21-3-5-22(6-4-21)46(42,43)31-23(17-25(36)33-13-11-32(12-14-33)20-7-9-30-10-8-20)28(40)35-16-15-34(19-26(37)38)29(41)24(35)18-27(39)45-2/h3-10,23-24,31H,11-19H2,1-2H3,(H,37,38)/t23-,24+/m1/s1. The van der Waals surface area contributed by atoms with Gasteiger partial charge < -0.3 is 34.2 Å². The Morgan fingerprint density at radius 2 is 1.63 bits per heavy atom. The molecule has 2 atom stereocenters. The van der Waals surface area contributed by atoms with Crippen LogP contribution in [0.3, 0.4) is 0 Å². The normalized spacial score (nSPS) is 17.8. The van der Waals surface area contributed by atoms with Gasteiger partial charge in [-0.25, -0.2) is 8.42 Å². The van der Waals surface area contributed by atoms with E-state index in [1.54, 1.807) is 12.4 Å². The van der Waals surface area contributed by atoms with E-state index in [4.69, 9.17) is 9.47 Å². The molecule has 0 aliphatic carbocycles. The van der Waals surface area contributed by atoms with Gasteiger partial charge in [-0.2, -0.15) is 4.72 Å². The van der Waals surface area contributed by atoms with Gasteiger partial charge in [0.2, 0.25) is 27.7 Å². The Hall–Kier alpha value is -4.77. The molecule has 17 heteroatoms. The van der Waals surface area contributed by atoms with Crippen molar-refractivity contribution in [2.45, 2.75) is 29.8 Å². The molecule has 2 fully saturated rings. The third-order valence-electron chi connectivity index (χ3n) is 7.78. The number of aromatic nitrogens is 1. The van der Waals surface area contributed by atoms with E-state index >= 15 is 0 Å². The van der Waals surface area contributed by atoms with Crippen LogP contribution in [0.2, 0.25) is 0 Å². The topological polar surface area (TPSA) is 196 Å². The maximum Gasteiger partial charge on any atom is 0.323 e. The summed E-state index contributed by atoms with van der Waals surface area (Å²) in [5.41, 5.74) is 0.936. The molecule has 46 heavy (non-hydrogen) atoms. The van der Waals surface area contributed by atoms with Crippen molar-refractivity contribution in [3.63, 3.8) is 0 Å². The Morgan fingerprint density at radius 1 is 0.978 bits per heavy atom. The Bertz CT molecular complexity index is 1530. The molecule has 248 valence electrons. The predicted molar refractivity (Wildman–Crippen MR) is 161 cm³/mol. The van der Waals surface area contributed by atoms with Crippen molar-refractivity contribution in [1.29, 1.82) is 0 Å². The molecule has 2 aromatic rings. The van der Waals surface area contributed by atoms with Gasteiger partial charge in [0.1, 0.15) is 24.4 Å². The van der Waals surface area contributed by atoms with Crippen LogP contribution >= 0.6 is 0 Å². The van der Waals surface area contributed by atoms with Crippen LogP contribution in [0, 0.1) is 0 Å². The number of carbonyl (C=O) groups is 5. The molecule has 4 rings (SSSR count). The first kappa shape index (κ1) is 34.1. The zero-order valence-corrected chi connectivity index (χ0v) is 26.2. The van der Waals surface area contributed by atoms with Gasteiger partial charge in [-0.05, 0) is 36.4 Å². The summed E-state index contributed by atoms with van der Waals surface area (Å²) >= 11 is 0. The molecule has 16 nitrogen and oxygen atoms in total. The molecule has 0 radical (unpaired) electrons. The minimum Gasteiger partial charge on any atom is -0.497 e. The highest BCUT2D eigenvalue weighted by molar-refractivity contribution is 7.89. The smallest absolute Gasteiger partial charge is 0.323 e. The number of esters is 1. The monoisotopic (exact) mass is 660 g/mol. The lowest BCUT2D eigenvalue weighted by Crippen LogP contribution is -2.63. The van der Waals surface area contributed by atoms with Crippen LogP contribution in [0.5, 0.6) is 5.75 Å². The number of methoxy groups -OCH3 is 2. The Balaban J connectivity index is 1.58. The molecule has 1 aromatic carbocycles. The highest BCUT2D eigenvalue weighted by Gasteiger charge is 2.43. The van der Waals surface area contributed by atoms with Crippen LogP contribution in [-0.2, 0) is 38.7 Å². The predicted octanol–water partition coefficient (Wildman–Crippen LogP) is -0.837. The first-order valence-electron chi connectivity index (χ1n) is 14.4. The summed E-state index contributed by atoms with van der Waals surface area (Å²) < 4.78 is 39.0. The molecule has 0 saturated carbocycles. The third-order valence-corrected chi connectivity index (χ3v) is 9.27. The average molecular weight is 661 g/mol. The zero-order chi connectivity index (χ0) is 33.4. The number of nitrogens with zero attached hydrogens (tertiary/aromatic N) is 5. The Morgan fingerprint density at radius 3 is 2.22 bits per heavy atom. The number of rotatable bonds is 12. The second-order valence-corrected chi connectivity index (χ2v) is 12.3. The quantitative estimate of drug-likeness (QED) is 0.269. The molecule has 0 spiro atoms. The van der Waals surface area contributed by atoms with Gasteiger partial charge in [-0.15, -0.1) is 0 Å². The molecule has 3 amide bonds. The molecule has 2 saturated heterocycles. The van der Waals surface area contributed by atoms with E-state index in [2.05, 4.69) is 14.6 Å². The molecule has 2 aliphatic heterocycles. The van der Waals surface area contributed by atoms with Gasteiger partial charge in [0.15, 0.2) is 0 Å². The molecule has 3 heterocycles. The van der Waals surface area contributed by atoms with Gasteiger partial charge in [0.25, 0.3) is 0 Å². The number of carboxylic acid groups (broad SMARTS) is 1. The fraction of sp³-hybridized carbons (Fsp3) is 0.448. The first-order valence-corrected chi connectivity index (χ1v) is 15.9. The number of carbonyl (C=O) groups excluding carboxylic acids is 4. The average Bonchev–Trinajstić information content (AvgIpc) is 3.06. The summed E-state index contributed by atoms with van der Waals surface area (Å²) in [6.07, 6.45) is 2.16. The summed E-state index contributed by atoms with van der Waals surface area (Å²) in [6, 6.07) is 5.97. The van der Waals surface area contributed by atoms with E-state index in [0.717, 1.165) is 22.6 Å². The number of aliphatic carboxylic acids is 1. The van der Waals surface area contributed by atoms with Crippen molar-refractivity contribution in [1.82, 2.24) is 24.4 Å². The fourth-order valence-corrected chi connectivity index (χ4v) is 6.51. The van der Waals surface area contributed by atoms with Crippen molar-refractivity contribution >= 4 is 45.4 Å². The molecule has 0 bridgehead atoms. The number of piperazine rings is 2. The van der Waals surface area contributed by atoms with Gasteiger partial charge in [0, 0.05) is 57.3 Å². The SMILES string of the molecule is COC(=O)C[C@H]1C(=O)N(CC(=O)O)CCN1C(=O)[C@@H](CC(=O)N1CCN(c2ccncc2)CC1)NS(=O)(=O)c1ccc(OC)cc1. The minimum atomic E-state index is -4.38. The van der Waals surface area contributed by atoms with E-state index in [1.807, 2.05) is 12.1 Å². The second kappa shape index (κ2) is 15.0. The number of benzene rings is 1. The number of carboxylic acids is 1. The summed E-state index contributed by atoms with van der Waals surface area (Å²) in [4.78, 5) is 73.9. The summed E-state index contributed by atoms with van der Waals surface area (Å²) in [6.45, 7) is 0.558. The van der Waals surface area contributed by atoms with Crippen LogP contribution in [-0.4, -0.2) is 135 Å². The van der Waals surface area contributed by atoms with E-state index in [0.29, 0.717) is 31.9 Å². The molecular formula is C29H36N6O10S. The van der Waals surface area contributed by atoms with Gasteiger partial charge in [0.05, 0.1) is 32.0 Å². The highest BCUT2D eigenvalue weighted by Crippen LogP contribution is 2.22. The number of ether oxygens (including phenoxy) is 2. The third kappa shape index (κ3) is 8.28. The fourth-order valence-electron chi connectivity index (χ4n) is 5.32. The molecule has 2 N–H and O–H groups in total. The van der Waals surface area contributed by atoms with Crippen LogP contribution in [0.25, 0.3) is 0 Å². The van der Waals surface area contributed by atoms with Gasteiger partial charge >= 0.3 is 11.9 Å². The number of sulfonamides is 1. The number of amides is 3. The van der Waals surface area contributed by atoms with Crippen molar-refractivity contribution < 1.29 is 47.0 Å². The highest BCUT2D eigenvalue weighted by atomic mass is 32.2. The number of hydrogen-bond acceptors (Lipinski definition) is 11. The lowest BCUT2D eigenvalue weighted by Gasteiger charge is -2.41. The number of anilines is 1. The second-order valence-electron chi connectivity index (χ2n) is 10.6. The number of pyridine rings is 1. The molecule has 0 unspecified atom stereocenters. The van der Waals surface area contributed by atoms with Crippen LogP contribution in [0.4, 0.5) is 5.69 Å². The molecule has 2 aliphatic rings. The van der Waals surface area contributed by atoms with E-state index in [-0.39, 0.29) is 18.0 Å². The van der Waals surface area contributed by atoms with E-state index < -0.39 is 71.2 Å². The van der Waals surface area contributed by atoms with Crippen molar-refractivity contribution in [2.75, 3.05) is 64.9 Å². The molecular weight excluding hydrogens is 624 g/mol. The van der Waals surface area contributed by atoms with E-state index in [1.165, 1.54) is 36.3 Å². The summed E-state index contributed by atoms with van der Waals surface area (Å²) in [5, 5.41) is 9.24. The largest absolute Gasteiger partial charge is 0.497 e. The maximum atomic E-state index is 14.1. The van der Waals surface area contributed by atoms with Crippen LogP contribution in [0.15, 0.2) is 53.7 Å². The Labute approximate surface area is 265 Å². The first-order chi connectivity index (χ1) is 21.9. The van der Waals surface area contributed by atoms with Crippen molar-refractivity contribution in [3.05, 3.63) is 48.8 Å². The molecule has 1 aromatic heterocycles. The minimum absolute atomic E-state index is 0.183. The summed E-state index contributed by atoms with van der Waals surface area (Å²) in [5.74, 6) is -3.96. The van der Waals surface area contributed by atoms with E-state index in [9.17, 15) is 37.5 Å². The maximum absolute atomic E-state index is 14.1. The van der Waals surface area contributed by atoms with Crippen LogP contribution in [0.1, 0.15) is 12.8 Å². The zero-order valence-electron chi connectivity index (χ0n) is 25.4. The number of hydrogen-bond donors (Lipinski definition) is 2. The van der Waals surface area contributed by atoms with Crippen molar-refractivity contribution in [3.8, 4) is 5.75 Å². The lowest BCUT2D eigenvalue weighted by molar-refractivity contribution is -0.159. The van der Waals surface area contributed by atoms with Crippen LogP contribution < -0.4 is 14.4 Å². The van der Waals surface area contributed by atoms with Gasteiger partial charge in [-0.3, -0.25) is 29.0 Å². The van der Waals surface area contributed by atoms with Gasteiger partial charge in [-0.1, -0.05) is 0 Å². The Kier molecular flexibility index (Phi) is 11.1. The summed E-state index contributed by atoms with van der Waals surface area (Å²) in [7, 11) is -1.87. The lowest BCUT2D eigenvalue weighted by atomic mass is 10.0.